The molecule has 3 saturated heterocycles. The average Bonchev–Trinajstić information content (AvgIpc) is 3.32. The van der Waals surface area contributed by atoms with Gasteiger partial charge < -0.3 is 19.8 Å². The fraction of sp³-hybridized carbons (Fsp3) is 0.652. The van der Waals surface area contributed by atoms with Crippen LogP contribution in [-0.4, -0.2) is 90.2 Å². The molecule has 2 N–H and O–H groups in total. The highest BCUT2D eigenvalue weighted by molar-refractivity contribution is 5.73. The molecule has 7 nitrogen and oxygen atoms in total. The van der Waals surface area contributed by atoms with Gasteiger partial charge in [-0.05, 0) is 48.3 Å². The minimum absolute atomic E-state index is 0.121. The van der Waals surface area contributed by atoms with E-state index in [4.69, 9.17) is 24.5 Å². The van der Waals surface area contributed by atoms with Gasteiger partial charge in [-0.2, -0.15) is 26.3 Å². The molecule has 2 atom stereocenters. The van der Waals surface area contributed by atoms with E-state index in [2.05, 4.69) is 9.80 Å². The van der Waals surface area contributed by atoms with E-state index in [1.165, 1.54) is 51.6 Å². The van der Waals surface area contributed by atoms with Gasteiger partial charge in [0.05, 0.1) is 0 Å². The summed E-state index contributed by atoms with van der Waals surface area (Å²) in [4.78, 5) is 23.0. The van der Waals surface area contributed by atoms with Crippen molar-refractivity contribution in [3.05, 3.63) is 35.6 Å². The number of ether oxygens (including phenoxy) is 1. The first-order valence-electron chi connectivity index (χ1n) is 11.5. The molecule has 0 amide bonds. The van der Waals surface area contributed by atoms with Crippen LogP contribution in [0.3, 0.4) is 0 Å². The van der Waals surface area contributed by atoms with Crippen LogP contribution >= 0.6 is 0 Å². The van der Waals surface area contributed by atoms with Crippen molar-refractivity contribution in [3.8, 4) is 0 Å². The van der Waals surface area contributed by atoms with E-state index < -0.39 is 24.3 Å². The van der Waals surface area contributed by atoms with Gasteiger partial charge >= 0.3 is 24.3 Å². The van der Waals surface area contributed by atoms with E-state index in [0.717, 1.165) is 43.1 Å². The number of hydrogen-bond donors (Lipinski definition) is 2. The van der Waals surface area contributed by atoms with Crippen LogP contribution in [-0.2, 0) is 20.9 Å². The molecule has 4 rings (SSSR count). The Morgan fingerprint density at radius 1 is 0.865 bits per heavy atom. The van der Waals surface area contributed by atoms with Crippen molar-refractivity contribution >= 4 is 11.9 Å². The Kier molecular flexibility index (Phi) is 11.1. The summed E-state index contributed by atoms with van der Waals surface area (Å²) in [7, 11) is 0. The standard InChI is InChI=1S/C19H27FN2O.2C2HF3O2/c20-19-3-1-2-16(8-19)10-22-13-17-11-21(12-18(17)14-22)9-15-4-6-23-7-5-15;2*3-2(4,5)1(6)7/h1-3,8,15,17-18H,4-7,9-14H2;2*(H,6,7). The smallest absolute Gasteiger partial charge is 0.475 e. The van der Waals surface area contributed by atoms with E-state index >= 15 is 0 Å². The van der Waals surface area contributed by atoms with Crippen molar-refractivity contribution < 1.29 is 55.3 Å². The Morgan fingerprint density at radius 3 is 1.76 bits per heavy atom. The molecule has 0 bridgehead atoms. The SMILES string of the molecule is Fc1cccc(CN2CC3CN(CC4CCOCC4)CC3C2)c1.O=C(O)C(F)(F)F.O=C(O)C(F)(F)F. The maximum Gasteiger partial charge on any atom is 0.490 e. The summed E-state index contributed by atoms with van der Waals surface area (Å²) >= 11 is 0. The molecule has 3 fully saturated rings. The van der Waals surface area contributed by atoms with E-state index in [-0.39, 0.29) is 5.82 Å². The summed E-state index contributed by atoms with van der Waals surface area (Å²) in [6.45, 7) is 8.91. The molecular weight excluding hydrogens is 517 g/mol. The predicted molar refractivity (Wildman–Crippen MR) is 116 cm³/mol. The maximum absolute atomic E-state index is 13.3. The van der Waals surface area contributed by atoms with Crippen molar-refractivity contribution in [3.63, 3.8) is 0 Å². The van der Waals surface area contributed by atoms with E-state index in [9.17, 15) is 30.7 Å². The quantitative estimate of drug-likeness (QED) is 0.554. The lowest BCUT2D eigenvalue weighted by atomic mass is 10.00. The number of carbonyl (C=O) groups is 2. The first-order chi connectivity index (χ1) is 17.1. The zero-order valence-electron chi connectivity index (χ0n) is 19.8. The van der Waals surface area contributed by atoms with Gasteiger partial charge in [0.25, 0.3) is 0 Å². The highest BCUT2D eigenvalue weighted by atomic mass is 19.4. The van der Waals surface area contributed by atoms with Gasteiger partial charge in [0.15, 0.2) is 0 Å². The molecule has 3 aliphatic heterocycles. The second-order valence-corrected chi connectivity index (χ2v) is 9.22. The molecule has 14 heteroatoms. The van der Waals surface area contributed by atoms with E-state index in [1.54, 1.807) is 6.07 Å². The number of hydrogen-bond acceptors (Lipinski definition) is 5. The van der Waals surface area contributed by atoms with Crippen LogP contribution in [0.25, 0.3) is 0 Å². The minimum Gasteiger partial charge on any atom is -0.475 e. The number of carboxylic acids is 2. The van der Waals surface area contributed by atoms with Crippen molar-refractivity contribution in [2.75, 3.05) is 45.9 Å². The summed E-state index contributed by atoms with van der Waals surface area (Å²) in [6.07, 6.45) is -7.70. The van der Waals surface area contributed by atoms with Gasteiger partial charge in [-0.25, -0.2) is 14.0 Å². The second kappa shape index (κ2) is 13.4. The number of fused-ring (bicyclic) bond motifs is 1. The molecule has 0 saturated carbocycles. The highest BCUT2D eigenvalue weighted by Crippen LogP contribution is 2.33. The van der Waals surface area contributed by atoms with Crippen molar-refractivity contribution in [2.24, 2.45) is 17.8 Å². The van der Waals surface area contributed by atoms with Crippen molar-refractivity contribution in [2.45, 2.75) is 31.7 Å². The number of rotatable bonds is 4. The van der Waals surface area contributed by atoms with Gasteiger partial charge in [0, 0.05) is 52.5 Å². The van der Waals surface area contributed by atoms with Gasteiger partial charge in [-0.1, -0.05) is 12.1 Å². The van der Waals surface area contributed by atoms with Gasteiger partial charge in [-0.3, -0.25) is 4.90 Å². The average molecular weight is 546 g/mol. The maximum atomic E-state index is 13.3. The third-order valence-corrected chi connectivity index (χ3v) is 6.27. The van der Waals surface area contributed by atoms with Crippen molar-refractivity contribution in [1.82, 2.24) is 9.80 Å². The summed E-state index contributed by atoms with van der Waals surface area (Å²) in [5.41, 5.74) is 1.10. The fourth-order valence-electron chi connectivity index (χ4n) is 4.65. The van der Waals surface area contributed by atoms with Gasteiger partial charge in [-0.15, -0.1) is 0 Å². The fourth-order valence-corrected chi connectivity index (χ4v) is 4.65. The largest absolute Gasteiger partial charge is 0.490 e. The number of aliphatic carboxylic acids is 2. The zero-order chi connectivity index (χ0) is 27.8. The van der Waals surface area contributed by atoms with Gasteiger partial charge in [0.2, 0.25) is 0 Å². The predicted octanol–water partition coefficient (Wildman–Crippen LogP) is 3.88. The molecule has 3 aliphatic rings. The summed E-state index contributed by atoms with van der Waals surface area (Å²) < 4.78 is 82.2. The molecule has 3 heterocycles. The van der Waals surface area contributed by atoms with Crippen LogP contribution in [0.1, 0.15) is 18.4 Å². The van der Waals surface area contributed by atoms with Crippen LogP contribution < -0.4 is 0 Å². The Bertz CT molecular complexity index is 853. The monoisotopic (exact) mass is 546 g/mol. The Morgan fingerprint density at radius 2 is 1.32 bits per heavy atom. The first kappa shape index (κ1) is 30.8. The van der Waals surface area contributed by atoms with Crippen LogP contribution in [0.5, 0.6) is 0 Å². The lowest BCUT2D eigenvalue weighted by Crippen LogP contribution is -2.34. The molecule has 2 unspecified atom stereocenters. The summed E-state index contributed by atoms with van der Waals surface area (Å²) in [5.74, 6) is -3.18. The normalized spacial score (nSPS) is 22.9. The molecular formula is C23H29F7N2O5. The van der Waals surface area contributed by atoms with Crippen LogP contribution in [0.15, 0.2) is 24.3 Å². The molecule has 0 spiro atoms. The van der Waals surface area contributed by atoms with Crippen LogP contribution in [0, 0.1) is 23.6 Å². The molecule has 1 aromatic rings. The molecule has 0 aliphatic carbocycles. The third kappa shape index (κ3) is 10.8. The lowest BCUT2D eigenvalue weighted by Gasteiger charge is -2.28. The molecule has 0 aromatic heterocycles. The number of benzene rings is 1. The van der Waals surface area contributed by atoms with Crippen LogP contribution in [0.4, 0.5) is 30.7 Å². The topological polar surface area (TPSA) is 90.3 Å². The van der Waals surface area contributed by atoms with Crippen LogP contribution in [0.2, 0.25) is 0 Å². The Balaban J connectivity index is 0.000000286. The lowest BCUT2D eigenvalue weighted by molar-refractivity contribution is -0.193. The first-order valence-corrected chi connectivity index (χ1v) is 11.5. The van der Waals surface area contributed by atoms with Crippen molar-refractivity contribution in [1.29, 1.82) is 0 Å². The molecule has 0 radical (unpaired) electrons. The number of likely N-dealkylation sites (tertiary alicyclic amines) is 2. The molecule has 210 valence electrons. The summed E-state index contributed by atoms with van der Waals surface area (Å²) in [5, 5.41) is 14.2. The second-order valence-electron chi connectivity index (χ2n) is 9.22. The van der Waals surface area contributed by atoms with E-state index in [1.807, 2.05) is 12.1 Å². The number of alkyl halides is 6. The van der Waals surface area contributed by atoms with E-state index in [0.29, 0.717) is 0 Å². The number of nitrogens with zero attached hydrogens (tertiary/aromatic N) is 2. The number of carboxylic acid groups (broad SMARTS) is 2. The Labute approximate surface area is 208 Å². The molecule has 1 aromatic carbocycles. The van der Waals surface area contributed by atoms with Gasteiger partial charge in [0.1, 0.15) is 5.82 Å². The molecule has 37 heavy (non-hydrogen) atoms. The summed E-state index contributed by atoms with van der Waals surface area (Å²) in [6, 6.07) is 7.05. The Hall–Kier alpha value is -2.45. The number of halogens is 7. The highest BCUT2D eigenvalue weighted by Gasteiger charge is 2.40. The third-order valence-electron chi connectivity index (χ3n) is 6.27. The zero-order valence-corrected chi connectivity index (χ0v) is 19.8. The minimum atomic E-state index is -5.08.